The first kappa shape index (κ1) is 12.3. The Bertz CT molecular complexity index is 410. The molecule has 0 amide bonds. The molecule has 0 atom stereocenters. The van der Waals surface area contributed by atoms with Crippen LogP contribution in [0, 0.1) is 5.82 Å². The van der Waals surface area contributed by atoms with E-state index in [1.807, 2.05) is 0 Å². The Morgan fingerprint density at radius 1 is 1.62 bits per heavy atom. The van der Waals surface area contributed by atoms with Gasteiger partial charge in [0.05, 0.1) is 19.1 Å². The van der Waals surface area contributed by atoms with E-state index >= 15 is 0 Å². The number of carbonyl (C=O) groups is 1. The van der Waals surface area contributed by atoms with Crippen LogP contribution in [0.25, 0.3) is 0 Å². The topological polar surface area (TPSA) is 65.2 Å². The van der Waals surface area contributed by atoms with Gasteiger partial charge < -0.3 is 10.5 Å². The van der Waals surface area contributed by atoms with Gasteiger partial charge in [-0.05, 0) is 0 Å². The minimum absolute atomic E-state index is 0.299. The molecule has 0 bridgehead atoms. The molecule has 2 N–H and O–H groups in total. The summed E-state index contributed by atoms with van der Waals surface area (Å²) in [6, 6.07) is 0. The Morgan fingerprint density at radius 3 is 2.75 bits per heavy atom. The number of esters is 1. The van der Waals surface area contributed by atoms with E-state index in [2.05, 4.69) is 9.72 Å². The standard InChI is InChI=1S/C9H9F3N2O2/c1-16-6(15)2-4-7(10)5(8(11)12)3-14-9(4)13/h3,8H,2H2,1H3,(H2,13,14). The fourth-order valence-corrected chi connectivity index (χ4v) is 1.10. The summed E-state index contributed by atoms with van der Waals surface area (Å²) in [7, 11) is 1.10. The number of carbonyl (C=O) groups excluding carboxylic acids is 1. The second-order valence-electron chi connectivity index (χ2n) is 2.94. The number of halogens is 3. The first-order valence-electron chi connectivity index (χ1n) is 4.25. The van der Waals surface area contributed by atoms with Crippen LogP contribution in [0.3, 0.4) is 0 Å². The SMILES string of the molecule is COC(=O)Cc1c(N)ncc(C(F)F)c1F. The number of pyridine rings is 1. The van der Waals surface area contributed by atoms with Crippen LogP contribution in [0.4, 0.5) is 19.0 Å². The summed E-state index contributed by atoms with van der Waals surface area (Å²) in [5.41, 5.74) is 4.04. The van der Waals surface area contributed by atoms with E-state index in [1.165, 1.54) is 0 Å². The second-order valence-corrected chi connectivity index (χ2v) is 2.94. The van der Waals surface area contributed by atoms with Gasteiger partial charge in [-0.3, -0.25) is 4.79 Å². The molecule has 7 heteroatoms. The van der Waals surface area contributed by atoms with Gasteiger partial charge in [-0.25, -0.2) is 18.2 Å². The summed E-state index contributed by atoms with van der Waals surface area (Å²) in [5.74, 6) is -2.29. The van der Waals surface area contributed by atoms with E-state index < -0.39 is 30.2 Å². The van der Waals surface area contributed by atoms with Gasteiger partial charge in [-0.15, -0.1) is 0 Å². The number of methoxy groups -OCH3 is 1. The number of ether oxygens (including phenoxy) is 1. The third-order valence-corrected chi connectivity index (χ3v) is 1.95. The quantitative estimate of drug-likeness (QED) is 0.804. The summed E-state index contributed by atoms with van der Waals surface area (Å²) in [6.45, 7) is 0. The maximum atomic E-state index is 13.5. The lowest BCUT2D eigenvalue weighted by molar-refractivity contribution is -0.139. The molecule has 88 valence electrons. The van der Waals surface area contributed by atoms with Gasteiger partial charge in [-0.2, -0.15) is 0 Å². The van der Waals surface area contributed by atoms with E-state index in [0.717, 1.165) is 7.11 Å². The average Bonchev–Trinajstić information content (AvgIpc) is 2.23. The monoisotopic (exact) mass is 234 g/mol. The second kappa shape index (κ2) is 4.82. The molecule has 0 unspecified atom stereocenters. The predicted octanol–water partition coefficient (Wildman–Crippen LogP) is 1.46. The number of hydrogen-bond donors (Lipinski definition) is 1. The highest BCUT2D eigenvalue weighted by Gasteiger charge is 2.21. The molecule has 0 aromatic carbocycles. The molecule has 1 heterocycles. The van der Waals surface area contributed by atoms with Gasteiger partial charge in [0.25, 0.3) is 6.43 Å². The zero-order valence-electron chi connectivity index (χ0n) is 8.34. The van der Waals surface area contributed by atoms with Crippen molar-refractivity contribution in [1.29, 1.82) is 0 Å². The first-order valence-corrected chi connectivity index (χ1v) is 4.25. The Hall–Kier alpha value is -1.79. The summed E-state index contributed by atoms with van der Waals surface area (Å²) < 4.78 is 42.4. The van der Waals surface area contributed by atoms with Gasteiger partial charge in [0.1, 0.15) is 11.6 Å². The van der Waals surface area contributed by atoms with E-state index in [4.69, 9.17) is 5.73 Å². The summed E-state index contributed by atoms with van der Waals surface area (Å²) >= 11 is 0. The number of rotatable bonds is 3. The normalized spacial score (nSPS) is 10.6. The van der Waals surface area contributed by atoms with Crippen molar-refractivity contribution in [2.24, 2.45) is 0 Å². The number of nitrogen functional groups attached to an aromatic ring is 1. The lowest BCUT2D eigenvalue weighted by Gasteiger charge is -2.08. The van der Waals surface area contributed by atoms with E-state index in [-0.39, 0.29) is 11.4 Å². The van der Waals surface area contributed by atoms with Crippen molar-refractivity contribution >= 4 is 11.8 Å². The number of aromatic nitrogens is 1. The van der Waals surface area contributed by atoms with Gasteiger partial charge >= 0.3 is 5.97 Å². The van der Waals surface area contributed by atoms with Crippen LogP contribution in [0.2, 0.25) is 0 Å². The fourth-order valence-electron chi connectivity index (χ4n) is 1.10. The molecule has 0 aliphatic rings. The zero-order valence-corrected chi connectivity index (χ0v) is 8.34. The van der Waals surface area contributed by atoms with Crippen LogP contribution in [-0.2, 0) is 16.0 Å². The van der Waals surface area contributed by atoms with Crippen LogP contribution in [0.1, 0.15) is 17.6 Å². The largest absolute Gasteiger partial charge is 0.469 e. The van der Waals surface area contributed by atoms with Crippen molar-refractivity contribution in [1.82, 2.24) is 4.98 Å². The zero-order chi connectivity index (χ0) is 12.3. The summed E-state index contributed by atoms with van der Waals surface area (Å²) in [5, 5.41) is 0. The Kier molecular flexibility index (Phi) is 3.70. The van der Waals surface area contributed by atoms with Gasteiger partial charge in [-0.1, -0.05) is 0 Å². The molecule has 0 spiro atoms. The summed E-state index contributed by atoms with van der Waals surface area (Å²) in [6.07, 6.45) is -2.89. The molecule has 16 heavy (non-hydrogen) atoms. The number of nitrogens with zero attached hydrogens (tertiary/aromatic N) is 1. The molecule has 0 saturated heterocycles. The highest BCUT2D eigenvalue weighted by molar-refractivity contribution is 5.74. The molecular formula is C9H9F3N2O2. The molecule has 0 aliphatic heterocycles. The van der Waals surface area contributed by atoms with Crippen LogP contribution in [0.15, 0.2) is 6.20 Å². The molecule has 0 saturated carbocycles. The van der Waals surface area contributed by atoms with Crippen molar-refractivity contribution < 1.29 is 22.7 Å². The van der Waals surface area contributed by atoms with Crippen molar-refractivity contribution in [3.05, 3.63) is 23.1 Å². The lowest BCUT2D eigenvalue weighted by atomic mass is 10.1. The molecular weight excluding hydrogens is 225 g/mol. The maximum absolute atomic E-state index is 13.5. The molecule has 0 fully saturated rings. The fraction of sp³-hybridized carbons (Fsp3) is 0.333. The summed E-state index contributed by atoms with van der Waals surface area (Å²) in [4.78, 5) is 14.3. The van der Waals surface area contributed by atoms with Gasteiger partial charge in [0.15, 0.2) is 0 Å². The maximum Gasteiger partial charge on any atom is 0.310 e. The Labute approximate surface area is 89.2 Å². The minimum atomic E-state index is -3.01. The Morgan fingerprint density at radius 2 is 2.25 bits per heavy atom. The number of anilines is 1. The molecule has 1 rings (SSSR count). The molecule has 1 aromatic rings. The first-order chi connectivity index (χ1) is 7.47. The molecule has 0 radical (unpaired) electrons. The van der Waals surface area contributed by atoms with E-state index in [1.54, 1.807) is 0 Å². The molecule has 1 aromatic heterocycles. The van der Waals surface area contributed by atoms with E-state index in [0.29, 0.717) is 6.20 Å². The van der Waals surface area contributed by atoms with Crippen molar-refractivity contribution in [3.8, 4) is 0 Å². The highest BCUT2D eigenvalue weighted by atomic mass is 19.3. The third kappa shape index (κ3) is 2.41. The van der Waals surface area contributed by atoms with Crippen LogP contribution in [-0.4, -0.2) is 18.1 Å². The smallest absolute Gasteiger partial charge is 0.310 e. The number of hydrogen-bond acceptors (Lipinski definition) is 4. The number of alkyl halides is 2. The predicted molar refractivity (Wildman–Crippen MR) is 49.3 cm³/mol. The minimum Gasteiger partial charge on any atom is -0.469 e. The highest BCUT2D eigenvalue weighted by Crippen LogP contribution is 2.26. The molecule has 0 aliphatic carbocycles. The lowest BCUT2D eigenvalue weighted by Crippen LogP contribution is -2.12. The van der Waals surface area contributed by atoms with Crippen molar-refractivity contribution in [2.45, 2.75) is 12.8 Å². The van der Waals surface area contributed by atoms with Gasteiger partial charge in [0.2, 0.25) is 0 Å². The number of nitrogens with two attached hydrogens (primary N) is 1. The van der Waals surface area contributed by atoms with Crippen molar-refractivity contribution in [2.75, 3.05) is 12.8 Å². The third-order valence-electron chi connectivity index (χ3n) is 1.95. The van der Waals surface area contributed by atoms with Crippen LogP contribution >= 0.6 is 0 Å². The van der Waals surface area contributed by atoms with Crippen LogP contribution in [0.5, 0.6) is 0 Å². The van der Waals surface area contributed by atoms with Crippen LogP contribution < -0.4 is 5.73 Å². The van der Waals surface area contributed by atoms with E-state index in [9.17, 15) is 18.0 Å². The van der Waals surface area contributed by atoms with Gasteiger partial charge in [0, 0.05) is 11.8 Å². The average molecular weight is 234 g/mol. The Balaban J connectivity index is 3.16. The molecule has 4 nitrogen and oxygen atoms in total. The van der Waals surface area contributed by atoms with Crippen molar-refractivity contribution in [3.63, 3.8) is 0 Å².